The van der Waals surface area contributed by atoms with Crippen LogP contribution in [0.1, 0.15) is 6.92 Å². The van der Waals surface area contributed by atoms with Crippen LogP contribution in [0.4, 0.5) is 17.6 Å². The monoisotopic (exact) mass is 224 g/mol. The molecule has 0 saturated heterocycles. The summed E-state index contributed by atoms with van der Waals surface area (Å²) in [7, 11) is 0. The number of rotatable bonds is 3. The van der Waals surface area contributed by atoms with E-state index in [1.807, 2.05) is 0 Å². The van der Waals surface area contributed by atoms with Gasteiger partial charge in [0.2, 0.25) is 11.6 Å². The average Bonchev–Trinajstić information content (AvgIpc) is 2.14. The van der Waals surface area contributed by atoms with Crippen LogP contribution < -0.4 is 4.74 Å². The Morgan fingerprint density at radius 1 is 1.20 bits per heavy atom. The third-order valence-corrected chi connectivity index (χ3v) is 1.54. The van der Waals surface area contributed by atoms with Crippen molar-refractivity contribution in [3.63, 3.8) is 0 Å². The maximum atomic E-state index is 12.9. The minimum atomic E-state index is -1.62. The number of ether oxygens (including phenoxy) is 1. The Bertz CT molecular complexity index is 339. The molecule has 2 nitrogen and oxygen atoms in total. The topological polar surface area (TPSA) is 29.5 Å². The fourth-order valence-electron chi connectivity index (χ4n) is 0.882. The molecule has 0 fully saturated rings. The van der Waals surface area contributed by atoms with Crippen LogP contribution in [0.15, 0.2) is 6.07 Å². The fraction of sp³-hybridized carbons (Fsp3) is 0.333. The average molecular weight is 224 g/mol. The normalized spacial score (nSPS) is 12.7. The molecule has 0 spiro atoms. The summed E-state index contributed by atoms with van der Waals surface area (Å²) < 4.78 is 55.5. The first-order valence-electron chi connectivity index (χ1n) is 4.07. The number of hydrogen-bond donors (Lipinski definition) is 1. The number of aliphatic hydroxyl groups is 1. The van der Waals surface area contributed by atoms with Gasteiger partial charge in [-0.25, -0.2) is 8.78 Å². The molecular weight excluding hydrogens is 216 g/mol. The van der Waals surface area contributed by atoms with Crippen molar-refractivity contribution in [2.24, 2.45) is 0 Å². The number of halogens is 4. The molecule has 0 bridgehead atoms. The van der Waals surface area contributed by atoms with Crippen LogP contribution in [-0.4, -0.2) is 17.8 Å². The molecule has 1 aromatic rings. The SMILES string of the molecule is CC(O)COc1c(F)c(F)cc(F)c1F. The van der Waals surface area contributed by atoms with E-state index >= 15 is 0 Å². The molecular formula is C9H8F4O2. The Balaban J connectivity index is 3.04. The lowest BCUT2D eigenvalue weighted by molar-refractivity contribution is 0.115. The van der Waals surface area contributed by atoms with Crippen molar-refractivity contribution in [1.29, 1.82) is 0 Å². The van der Waals surface area contributed by atoms with E-state index in [1.54, 1.807) is 0 Å². The van der Waals surface area contributed by atoms with Gasteiger partial charge in [-0.05, 0) is 6.92 Å². The van der Waals surface area contributed by atoms with E-state index in [4.69, 9.17) is 5.11 Å². The molecule has 1 aromatic carbocycles. The Kier molecular flexibility index (Phi) is 3.52. The molecule has 0 radical (unpaired) electrons. The molecule has 1 N–H and O–H groups in total. The predicted octanol–water partition coefficient (Wildman–Crippen LogP) is 2.00. The van der Waals surface area contributed by atoms with E-state index in [0.29, 0.717) is 0 Å². The highest BCUT2D eigenvalue weighted by molar-refractivity contribution is 5.28. The minimum absolute atomic E-state index is 0.0832. The highest BCUT2D eigenvalue weighted by Crippen LogP contribution is 2.26. The largest absolute Gasteiger partial charge is 0.485 e. The lowest BCUT2D eigenvalue weighted by Gasteiger charge is -2.10. The first-order chi connectivity index (χ1) is 6.93. The first-order valence-corrected chi connectivity index (χ1v) is 4.07. The zero-order chi connectivity index (χ0) is 11.6. The molecule has 1 atom stereocenters. The van der Waals surface area contributed by atoms with Crippen molar-refractivity contribution in [3.05, 3.63) is 29.3 Å². The summed E-state index contributed by atoms with van der Waals surface area (Å²) in [5.41, 5.74) is 0. The third kappa shape index (κ3) is 2.59. The second-order valence-corrected chi connectivity index (χ2v) is 2.96. The predicted molar refractivity (Wildman–Crippen MR) is 43.4 cm³/mol. The Labute approximate surface area is 83.1 Å². The molecule has 0 aliphatic carbocycles. The zero-order valence-electron chi connectivity index (χ0n) is 7.73. The van der Waals surface area contributed by atoms with Crippen molar-refractivity contribution < 1.29 is 27.4 Å². The van der Waals surface area contributed by atoms with Crippen LogP contribution in [-0.2, 0) is 0 Å². The van der Waals surface area contributed by atoms with Crippen LogP contribution in [0.2, 0.25) is 0 Å². The van der Waals surface area contributed by atoms with Gasteiger partial charge in [-0.3, -0.25) is 0 Å². The lowest BCUT2D eigenvalue weighted by Crippen LogP contribution is -2.15. The number of hydrogen-bond acceptors (Lipinski definition) is 2. The zero-order valence-corrected chi connectivity index (χ0v) is 7.73. The molecule has 0 aromatic heterocycles. The molecule has 15 heavy (non-hydrogen) atoms. The van der Waals surface area contributed by atoms with Crippen LogP contribution in [0.3, 0.4) is 0 Å². The molecule has 0 aliphatic rings. The number of benzene rings is 1. The second-order valence-electron chi connectivity index (χ2n) is 2.96. The van der Waals surface area contributed by atoms with E-state index in [0.717, 1.165) is 0 Å². The van der Waals surface area contributed by atoms with Gasteiger partial charge in [0.1, 0.15) is 6.61 Å². The summed E-state index contributed by atoms with van der Waals surface area (Å²) in [6.45, 7) is 0.836. The van der Waals surface area contributed by atoms with Gasteiger partial charge in [0, 0.05) is 6.07 Å². The quantitative estimate of drug-likeness (QED) is 0.628. The van der Waals surface area contributed by atoms with Gasteiger partial charge < -0.3 is 9.84 Å². The molecule has 1 unspecified atom stereocenters. The smallest absolute Gasteiger partial charge is 0.203 e. The third-order valence-electron chi connectivity index (χ3n) is 1.54. The van der Waals surface area contributed by atoms with Gasteiger partial charge in [0.25, 0.3) is 0 Å². The van der Waals surface area contributed by atoms with Gasteiger partial charge in [-0.2, -0.15) is 8.78 Å². The van der Waals surface area contributed by atoms with E-state index in [9.17, 15) is 17.6 Å². The van der Waals surface area contributed by atoms with Gasteiger partial charge in [0.15, 0.2) is 17.4 Å². The van der Waals surface area contributed by atoms with E-state index in [-0.39, 0.29) is 6.07 Å². The van der Waals surface area contributed by atoms with E-state index < -0.39 is 41.7 Å². The molecule has 1 rings (SSSR count). The van der Waals surface area contributed by atoms with Crippen molar-refractivity contribution in [1.82, 2.24) is 0 Å². The van der Waals surface area contributed by atoms with Crippen LogP contribution >= 0.6 is 0 Å². The molecule has 0 saturated carbocycles. The standard InChI is InChI=1S/C9H8F4O2/c1-4(14)3-15-9-7(12)5(10)2-6(11)8(9)13/h2,4,14H,3H2,1H3. The minimum Gasteiger partial charge on any atom is -0.485 e. The summed E-state index contributed by atoms with van der Waals surface area (Å²) in [5.74, 6) is -7.48. The van der Waals surface area contributed by atoms with Gasteiger partial charge in [0.05, 0.1) is 6.10 Å². The van der Waals surface area contributed by atoms with Gasteiger partial charge >= 0.3 is 0 Å². The summed E-state index contributed by atoms with van der Waals surface area (Å²) in [4.78, 5) is 0. The summed E-state index contributed by atoms with van der Waals surface area (Å²) in [6, 6.07) is 0.0832. The van der Waals surface area contributed by atoms with Crippen molar-refractivity contribution in [3.8, 4) is 5.75 Å². The highest BCUT2D eigenvalue weighted by Gasteiger charge is 2.20. The van der Waals surface area contributed by atoms with Gasteiger partial charge in [-0.15, -0.1) is 0 Å². The Morgan fingerprint density at radius 2 is 1.67 bits per heavy atom. The second kappa shape index (κ2) is 4.48. The van der Waals surface area contributed by atoms with Crippen molar-refractivity contribution in [2.75, 3.05) is 6.61 Å². The molecule has 0 aliphatic heterocycles. The highest BCUT2D eigenvalue weighted by atomic mass is 19.2. The van der Waals surface area contributed by atoms with E-state index in [1.165, 1.54) is 6.92 Å². The van der Waals surface area contributed by atoms with Crippen LogP contribution in [0.25, 0.3) is 0 Å². The Morgan fingerprint density at radius 3 is 2.07 bits per heavy atom. The molecule has 84 valence electrons. The summed E-state index contributed by atoms with van der Waals surface area (Å²) in [5, 5.41) is 8.78. The van der Waals surface area contributed by atoms with Crippen LogP contribution in [0.5, 0.6) is 5.75 Å². The van der Waals surface area contributed by atoms with E-state index in [2.05, 4.69) is 4.74 Å². The number of aliphatic hydroxyl groups excluding tert-OH is 1. The first kappa shape index (κ1) is 11.8. The van der Waals surface area contributed by atoms with Gasteiger partial charge in [-0.1, -0.05) is 0 Å². The Hall–Kier alpha value is -1.30. The maximum absolute atomic E-state index is 12.9. The summed E-state index contributed by atoms with van der Waals surface area (Å²) in [6.07, 6.45) is -1.00. The summed E-state index contributed by atoms with van der Waals surface area (Å²) >= 11 is 0. The van der Waals surface area contributed by atoms with Crippen molar-refractivity contribution in [2.45, 2.75) is 13.0 Å². The van der Waals surface area contributed by atoms with Crippen molar-refractivity contribution >= 4 is 0 Å². The maximum Gasteiger partial charge on any atom is 0.203 e. The molecule has 6 heteroatoms. The fourth-order valence-corrected chi connectivity index (χ4v) is 0.882. The lowest BCUT2D eigenvalue weighted by atomic mass is 10.3. The molecule has 0 heterocycles. The molecule has 0 amide bonds. The van der Waals surface area contributed by atoms with Crippen LogP contribution in [0, 0.1) is 23.3 Å².